The molecule has 0 spiro atoms. The van der Waals surface area contributed by atoms with Crippen LogP contribution in [0.1, 0.15) is 31.3 Å². The van der Waals surface area contributed by atoms with Crippen LogP contribution >= 0.6 is 11.3 Å². The maximum atomic E-state index is 5.53. The van der Waals surface area contributed by atoms with E-state index in [0.29, 0.717) is 5.92 Å². The van der Waals surface area contributed by atoms with Gasteiger partial charge in [-0.1, -0.05) is 20.8 Å². The molecule has 0 aliphatic heterocycles. The molecule has 18 heavy (non-hydrogen) atoms. The summed E-state index contributed by atoms with van der Waals surface area (Å²) >= 11 is 1.78. The van der Waals surface area contributed by atoms with Crippen molar-refractivity contribution in [3.05, 3.63) is 29.1 Å². The van der Waals surface area contributed by atoms with Crippen LogP contribution in [0.25, 0.3) is 10.6 Å². The lowest BCUT2D eigenvalue weighted by Gasteiger charge is -2.05. The van der Waals surface area contributed by atoms with Crippen LogP contribution in [-0.4, -0.2) is 11.5 Å². The van der Waals surface area contributed by atoms with Crippen LogP contribution in [0.2, 0.25) is 0 Å². The fourth-order valence-corrected chi connectivity index (χ4v) is 2.72. The van der Waals surface area contributed by atoms with Gasteiger partial charge >= 0.3 is 0 Å². The zero-order valence-electron chi connectivity index (χ0n) is 11.2. The predicted octanol–water partition coefficient (Wildman–Crippen LogP) is 3.71. The second kappa shape index (κ2) is 6.16. The smallest absolute Gasteiger partial charge is 0.181 e. The van der Waals surface area contributed by atoms with Gasteiger partial charge in [0.1, 0.15) is 5.69 Å². The molecule has 0 unspecified atom stereocenters. The van der Waals surface area contributed by atoms with E-state index in [-0.39, 0.29) is 0 Å². The van der Waals surface area contributed by atoms with Crippen LogP contribution in [0.4, 0.5) is 0 Å². The van der Waals surface area contributed by atoms with Gasteiger partial charge in [-0.15, -0.1) is 11.3 Å². The maximum Gasteiger partial charge on any atom is 0.181 e. The first-order valence-electron chi connectivity index (χ1n) is 6.42. The Morgan fingerprint density at radius 3 is 2.89 bits per heavy atom. The minimum Gasteiger partial charge on any atom is -0.442 e. The molecule has 0 aromatic carbocycles. The van der Waals surface area contributed by atoms with E-state index in [4.69, 9.17) is 4.42 Å². The van der Waals surface area contributed by atoms with E-state index in [1.54, 1.807) is 11.3 Å². The fourth-order valence-electron chi connectivity index (χ4n) is 1.76. The van der Waals surface area contributed by atoms with Gasteiger partial charge in [-0.25, -0.2) is 4.98 Å². The molecule has 2 heterocycles. The van der Waals surface area contributed by atoms with Crippen molar-refractivity contribution in [3.8, 4) is 10.6 Å². The van der Waals surface area contributed by atoms with Crippen molar-refractivity contribution in [2.45, 2.75) is 33.7 Å². The van der Waals surface area contributed by atoms with Gasteiger partial charge < -0.3 is 9.73 Å². The van der Waals surface area contributed by atoms with Crippen molar-refractivity contribution in [3.63, 3.8) is 0 Å². The van der Waals surface area contributed by atoms with Crippen molar-refractivity contribution in [1.82, 2.24) is 10.3 Å². The minimum atomic E-state index is 0.647. The monoisotopic (exact) mass is 264 g/mol. The average molecular weight is 264 g/mol. The zero-order valence-corrected chi connectivity index (χ0v) is 12.0. The number of thiophene rings is 1. The summed E-state index contributed by atoms with van der Waals surface area (Å²) in [7, 11) is 0. The third-order valence-corrected chi connectivity index (χ3v) is 3.95. The lowest BCUT2D eigenvalue weighted by atomic mass is 10.2. The number of oxazole rings is 1. The standard InChI is InChI=1S/C14H20N2OS/c1-4-11-5-6-13(18-11)14-12(16-9-17-14)8-15-7-10(2)3/h5-6,9-10,15H,4,7-8H2,1-3H3. The Morgan fingerprint density at radius 1 is 1.39 bits per heavy atom. The molecule has 2 aromatic rings. The molecular formula is C14H20N2OS. The van der Waals surface area contributed by atoms with Gasteiger partial charge in [0, 0.05) is 11.4 Å². The molecule has 0 amide bonds. The van der Waals surface area contributed by atoms with Gasteiger partial charge in [0.25, 0.3) is 0 Å². The van der Waals surface area contributed by atoms with Crippen LogP contribution in [0.15, 0.2) is 22.9 Å². The Labute approximate surface area is 112 Å². The summed E-state index contributed by atoms with van der Waals surface area (Å²) in [6.45, 7) is 8.33. The summed E-state index contributed by atoms with van der Waals surface area (Å²) in [5, 5.41) is 3.40. The lowest BCUT2D eigenvalue weighted by molar-refractivity contribution is 0.545. The van der Waals surface area contributed by atoms with E-state index in [0.717, 1.165) is 31.0 Å². The predicted molar refractivity (Wildman–Crippen MR) is 75.7 cm³/mol. The van der Waals surface area contributed by atoms with Gasteiger partial charge in [-0.05, 0) is 31.0 Å². The van der Waals surface area contributed by atoms with E-state index in [1.165, 1.54) is 16.1 Å². The topological polar surface area (TPSA) is 38.1 Å². The van der Waals surface area contributed by atoms with Crippen molar-refractivity contribution in [1.29, 1.82) is 0 Å². The highest BCUT2D eigenvalue weighted by Crippen LogP contribution is 2.30. The number of aryl methyl sites for hydroxylation is 1. The number of nitrogens with one attached hydrogen (secondary N) is 1. The van der Waals surface area contributed by atoms with Gasteiger partial charge in [0.15, 0.2) is 12.2 Å². The van der Waals surface area contributed by atoms with Crippen LogP contribution in [0.5, 0.6) is 0 Å². The van der Waals surface area contributed by atoms with E-state index < -0.39 is 0 Å². The second-order valence-corrected chi connectivity index (χ2v) is 5.94. The Balaban J connectivity index is 2.07. The molecule has 3 nitrogen and oxygen atoms in total. The summed E-state index contributed by atoms with van der Waals surface area (Å²) in [6.07, 6.45) is 2.60. The summed E-state index contributed by atoms with van der Waals surface area (Å²) in [5.41, 5.74) is 1.00. The summed E-state index contributed by atoms with van der Waals surface area (Å²) in [6, 6.07) is 4.28. The number of hydrogen-bond donors (Lipinski definition) is 1. The summed E-state index contributed by atoms with van der Waals surface area (Å²) in [4.78, 5) is 6.85. The van der Waals surface area contributed by atoms with Crippen LogP contribution in [0.3, 0.4) is 0 Å². The van der Waals surface area contributed by atoms with Crippen molar-refractivity contribution < 1.29 is 4.42 Å². The first-order valence-corrected chi connectivity index (χ1v) is 7.24. The normalized spacial score (nSPS) is 11.3. The largest absolute Gasteiger partial charge is 0.442 e. The number of rotatable bonds is 6. The van der Waals surface area contributed by atoms with Crippen LogP contribution < -0.4 is 5.32 Å². The highest BCUT2D eigenvalue weighted by Gasteiger charge is 2.12. The summed E-state index contributed by atoms with van der Waals surface area (Å²) < 4.78 is 5.53. The average Bonchev–Trinajstić information content (AvgIpc) is 2.95. The Bertz CT molecular complexity index is 487. The van der Waals surface area contributed by atoms with Gasteiger partial charge in [0.2, 0.25) is 0 Å². The molecule has 0 aliphatic carbocycles. The van der Waals surface area contributed by atoms with E-state index in [9.17, 15) is 0 Å². The Morgan fingerprint density at radius 2 is 2.22 bits per heavy atom. The third kappa shape index (κ3) is 3.21. The molecule has 2 aromatic heterocycles. The molecule has 98 valence electrons. The minimum absolute atomic E-state index is 0.647. The number of aromatic nitrogens is 1. The lowest BCUT2D eigenvalue weighted by Crippen LogP contribution is -2.19. The van der Waals surface area contributed by atoms with Gasteiger partial charge in [-0.2, -0.15) is 0 Å². The molecule has 0 saturated carbocycles. The molecule has 2 rings (SSSR count). The highest BCUT2D eigenvalue weighted by atomic mass is 32.1. The first kappa shape index (κ1) is 13.3. The first-order chi connectivity index (χ1) is 8.70. The highest BCUT2D eigenvalue weighted by molar-refractivity contribution is 7.15. The Kier molecular flexibility index (Phi) is 4.55. The molecule has 4 heteroatoms. The van der Waals surface area contributed by atoms with Gasteiger partial charge in [0.05, 0.1) is 4.88 Å². The quantitative estimate of drug-likeness (QED) is 0.864. The van der Waals surface area contributed by atoms with Crippen molar-refractivity contribution in [2.75, 3.05) is 6.54 Å². The third-order valence-electron chi connectivity index (χ3n) is 2.72. The Hall–Kier alpha value is -1.13. The summed E-state index contributed by atoms with van der Waals surface area (Å²) in [5.74, 6) is 1.56. The van der Waals surface area contributed by atoms with Crippen LogP contribution in [-0.2, 0) is 13.0 Å². The van der Waals surface area contributed by atoms with Crippen LogP contribution in [0, 0.1) is 5.92 Å². The fraction of sp³-hybridized carbons (Fsp3) is 0.500. The van der Waals surface area contributed by atoms with Crippen molar-refractivity contribution >= 4 is 11.3 Å². The van der Waals surface area contributed by atoms with E-state index in [1.807, 2.05) is 0 Å². The second-order valence-electron chi connectivity index (χ2n) is 4.77. The van der Waals surface area contributed by atoms with Gasteiger partial charge in [-0.3, -0.25) is 0 Å². The van der Waals surface area contributed by atoms with E-state index in [2.05, 4.69) is 43.2 Å². The molecule has 0 radical (unpaired) electrons. The molecule has 0 aliphatic rings. The number of hydrogen-bond acceptors (Lipinski definition) is 4. The molecule has 0 bridgehead atoms. The zero-order chi connectivity index (χ0) is 13.0. The number of nitrogens with zero attached hydrogens (tertiary/aromatic N) is 1. The SMILES string of the molecule is CCc1ccc(-c2ocnc2CNCC(C)C)s1. The molecule has 0 atom stereocenters. The van der Waals surface area contributed by atoms with Crippen molar-refractivity contribution in [2.24, 2.45) is 5.92 Å². The molecule has 1 N–H and O–H groups in total. The molecule has 0 fully saturated rings. The van der Waals surface area contributed by atoms with E-state index >= 15 is 0 Å². The molecular weight excluding hydrogens is 244 g/mol. The maximum absolute atomic E-state index is 5.53. The molecule has 0 saturated heterocycles.